The normalized spacial score (nSPS) is 23.7. The highest BCUT2D eigenvalue weighted by atomic mass is 16.5. The number of nitrogens with zero attached hydrogens (tertiary/aromatic N) is 2. The Morgan fingerprint density at radius 2 is 2.06 bits per heavy atom. The van der Waals surface area contributed by atoms with Gasteiger partial charge in [0.25, 0.3) is 0 Å². The van der Waals surface area contributed by atoms with Gasteiger partial charge in [-0.2, -0.15) is 0 Å². The topological polar surface area (TPSA) is 41.7 Å². The number of hydrogen-bond acceptors (Lipinski definition) is 4. The van der Waals surface area contributed by atoms with E-state index in [1.165, 1.54) is 0 Å². The Labute approximate surface area is 109 Å². The smallest absolute Gasteiger partial charge is 0.121 e. The minimum Gasteiger partial charge on any atom is -0.497 e. The molecule has 1 fully saturated rings. The Kier molecular flexibility index (Phi) is 3.66. The lowest BCUT2D eigenvalue weighted by molar-refractivity contribution is 0.266. The van der Waals surface area contributed by atoms with Crippen molar-refractivity contribution >= 4 is 11.4 Å². The van der Waals surface area contributed by atoms with E-state index in [-0.39, 0.29) is 0 Å². The summed E-state index contributed by atoms with van der Waals surface area (Å²) in [6.45, 7) is 4.38. The second-order valence-electron chi connectivity index (χ2n) is 5.34. The van der Waals surface area contributed by atoms with Crippen LogP contribution in [-0.2, 0) is 0 Å². The number of hydrogen-bond donors (Lipinski definition) is 1. The molecule has 0 saturated carbocycles. The fraction of sp³-hybridized carbons (Fsp3) is 0.571. The predicted octanol–water partition coefficient (Wildman–Crippen LogP) is 1.66. The minimum absolute atomic E-state index is 0.589. The summed E-state index contributed by atoms with van der Waals surface area (Å²) in [4.78, 5) is 4.66. The van der Waals surface area contributed by atoms with Crippen molar-refractivity contribution in [2.75, 3.05) is 44.9 Å². The summed E-state index contributed by atoms with van der Waals surface area (Å²) in [5.74, 6) is 1.47. The fourth-order valence-corrected chi connectivity index (χ4v) is 2.77. The number of likely N-dealkylation sites (N-methyl/N-ethyl adjacent to an activating group) is 1. The molecule has 0 spiro atoms. The molecule has 0 radical (unpaired) electrons. The van der Waals surface area contributed by atoms with Gasteiger partial charge in [-0.3, -0.25) is 0 Å². The minimum atomic E-state index is 0.589. The van der Waals surface area contributed by atoms with Crippen LogP contribution < -0.4 is 15.4 Å². The van der Waals surface area contributed by atoms with Gasteiger partial charge >= 0.3 is 0 Å². The molecule has 2 N–H and O–H groups in total. The van der Waals surface area contributed by atoms with Crippen molar-refractivity contribution < 1.29 is 4.74 Å². The standard InChI is InChI=1S/C14H23N3O/c1-10-8-17(9-14(10)16(2)3)13-6-5-11(18-4)7-12(13)15/h5-7,10,14H,8-9,15H2,1-4H3. The van der Waals surface area contributed by atoms with Crippen molar-refractivity contribution in [3.63, 3.8) is 0 Å². The van der Waals surface area contributed by atoms with Gasteiger partial charge < -0.3 is 20.3 Å². The molecule has 4 nitrogen and oxygen atoms in total. The fourth-order valence-electron chi connectivity index (χ4n) is 2.77. The zero-order valence-corrected chi connectivity index (χ0v) is 11.7. The van der Waals surface area contributed by atoms with Gasteiger partial charge in [0.1, 0.15) is 5.75 Å². The Morgan fingerprint density at radius 1 is 1.33 bits per heavy atom. The van der Waals surface area contributed by atoms with Gasteiger partial charge in [0.05, 0.1) is 18.5 Å². The molecule has 0 aromatic heterocycles. The number of benzene rings is 1. The van der Waals surface area contributed by atoms with E-state index >= 15 is 0 Å². The zero-order chi connectivity index (χ0) is 13.3. The van der Waals surface area contributed by atoms with Crippen LogP contribution >= 0.6 is 0 Å². The first kappa shape index (κ1) is 13.0. The Balaban J connectivity index is 2.18. The maximum atomic E-state index is 6.11. The molecule has 1 aliphatic rings. The maximum Gasteiger partial charge on any atom is 0.121 e. The van der Waals surface area contributed by atoms with Gasteiger partial charge in [-0.15, -0.1) is 0 Å². The van der Waals surface area contributed by atoms with E-state index in [0.717, 1.165) is 30.2 Å². The molecule has 0 aliphatic carbocycles. The van der Waals surface area contributed by atoms with Gasteiger partial charge in [-0.25, -0.2) is 0 Å². The van der Waals surface area contributed by atoms with E-state index in [9.17, 15) is 0 Å². The summed E-state index contributed by atoms with van der Waals surface area (Å²) < 4.78 is 5.19. The van der Waals surface area contributed by atoms with E-state index in [4.69, 9.17) is 10.5 Å². The Bertz CT molecular complexity index is 420. The summed E-state index contributed by atoms with van der Waals surface area (Å²) in [6.07, 6.45) is 0. The number of ether oxygens (including phenoxy) is 1. The third-order valence-corrected chi connectivity index (χ3v) is 3.81. The SMILES string of the molecule is COc1ccc(N2CC(C)C(N(C)C)C2)c(N)c1. The molecule has 0 amide bonds. The maximum absolute atomic E-state index is 6.11. The predicted molar refractivity (Wildman–Crippen MR) is 76.3 cm³/mol. The average molecular weight is 249 g/mol. The molecular formula is C14H23N3O. The molecule has 18 heavy (non-hydrogen) atoms. The molecule has 100 valence electrons. The Morgan fingerprint density at radius 3 is 2.56 bits per heavy atom. The molecule has 1 aliphatic heterocycles. The van der Waals surface area contributed by atoms with E-state index < -0.39 is 0 Å². The molecule has 1 aromatic rings. The highest BCUT2D eigenvalue weighted by Gasteiger charge is 2.31. The summed E-state index contributed by atoms with van der Waals surface area (Å²) in [5, 5.41) is 0. The summed E-state index contributed by atoms with van der Waals surface area (Å²) in [6, 6.07) is 6.51. The first-order valence-electron chi connectivity index (χ1n) is 6.37. The molecule has 1 aromatic carbocycles. The number of anilines is 2. The monoisotopic (exact) mass is 249 g/mol. The van der Waals surface area contributed by atoms with Crippen LogP contribution in [0.3, 0.4) is 0 Å². The van der Waals surface area contributed by atoms with E-state index in [1.54, 1.807) is 7.11 Å². The van der Waals surface area contributed by atoms with E-state index in [1.807, 2.05) is 12.1 Å². The van der Waals surface area contributed by atoms with Crippen LogP contribution in [0.1, 0.15) is 6.92 Å². The van der Waals surface area contributed by atoms with Crippen molar-refractivity contribution in [1.82, 2.24) is 4.90 Å². The van der Waals surface area contributed by atoms with Crippen LogP contribution in [0.2, 0.25) is 0 Å². The summed E-state index contributed by atoms with van der Waals surface area (Å²) in [7, 11) is 5.94. The van der Waals surface area contributed by atoms with Crippen LogP contribution in [0.15, 0.2) is 18.2 Å². The molecule has 0 bridgehead atoms. The zero-order valence-electron chi connectivity index (χ0n) is 11.7. The second-order valence-corrected chi connectivity index (χ2v) is 5.34. The lowest BCUT2D eigenvalue weighted by atomic mass is 10.1. The van der Waals surface area contributed by atoms with Crippen LogP contribution in [-0.4, -0.2) is 45.2 Å². The van der Waals surface area contributed by atoms with Gasteiger partial charge in [-0.05, 0) is 32.1 Å². The third kappa shape index (κ3) is 2.38. The van der Waals surface area contributed by atoms with Crippen molar-refractivity contribution in [1.29, 1.82) is 0 Å². The molecule has 1 saturated heterocycles. The first-order chi connectivity index (χ1) is 8.52. The lowest BCUT2D eigenvalue weighted by Gasteiger charge is -2.23. The molecule has 2 atom stereocenters. The highest BCUT2D eigenvalue weighted by molar-refractivity contribution is 5.70. The van der Waals surface area contributed by atoms with E-state index in [0.29, 0.717) is 12.0 Å². The van der Waals surface area contributed by atoms with Crippen LogP contribution in [0.4, 0.5) is 11.4 Å². The van der Waals surface area contributed by atoms with Crippen LogP contribution in [0, 0.1) is 5.92 Å². The lowest BCUT2D eigenvalue weighted by Crippen LogP contribution is -2.34. The average Bonchev–Trinajstić information content (AvgIpc) is 2.71. The van der Waals surface area contributed by atoms with Gasteiger partial charge in [0, 0.05) is 25.2 Å². The van der Waals surface area contributed by atoms with Gasteiger partial charge in [0.2, 0.25) is 0 Å². The molecule has 2 rings (SSSR count). The van der Waals surface area contributed by atoms with Crippen molar-refractivity contribution in [2.24, 2.45) is 5.92 Å². The second kappa shape index (κ2) is 5.06. The quantitative estimate of drug-likeness (QED) is 0.827. The Hall–Kier alpha value is -1.42. The van der Waals surface area contributed by atoms with Crippen molar-refractivity contribution in [3.8, 4) is 5.75 Å². The molecular weight excluding hydrogens is 226 g/mol. The van der Waals surface area contributed by atoms with Gasteiger partial charge in [-0.1, -0.05) is 6.92 Å². The first-order valence-corrected chi connectivity index (χ1v) is 6.37. The largest absolute Gasteiger partial charge is 0.497 e. The summed E-state index contributed by atoms with van der Waals surface area (Å²) in [5.41, 5.74) is 8.02. The highest BCUT2D eigenvalue weighted by Crippen LogP contribution is 2.32. The summed E-state index contributed by atoms with van der Waals surface area (Å²) >= 11 is 0. The van der Waals surface area contributed by atoms with Crippen molar-refractivity contribution in [2.45, 2.75) is 13.0 Å². The number of nitrogens with two attached hydrogens (primary N) is 1. The van der Waals surface area contributed by atoms with Crippen molar-refractivity contribution in [3.05, 3.63) is 18.2 Å². The van der Waals surface area contributed by atoms with Crippen LogP contribution in [0.25, 0.3) is 0 Å². The van der Waals surface area contributed by atoms with Gasteiger partial charge in [0.15, 0.2) is 0 Å². The van der Waals surface area contributed by atoms with Crippen LogP contribution in [0.5, 0.6) is 5.75 Å². The third-order valence-electron chi connectivity index (χ3n) is 3.81. The number of methoxy groups -OCH3 is 1. The molecule has 4 heteroatoms. The number of nitrogen functional groups attached to an aromatic ring is 1. The molecule has 1 heterocycles. The number of rotatable bonds is 3. The molecule has 2 unspecified atom stereocenters. The van der Waals surface area contributed by atoms with E-state index in [2.05, 4.69) is 36.9 Å².